The molecule has 0 radical (unpaired) electrons. The summed E-state index contributed by atoms with van der Waals surface area (Å²) >= 11 is 4.45. The third-order valence-electron chi connectivity index (χ3n) is 2.37. The maximum Gasteiger partial charge on any atom is 0.0814 e. The molecule has 0 saturated heterocycles. The Morgan fingerprint density at radius 2 is 1.64 bits per heavy atom. The molecule has 0 aliphatic heterocycles. The van der Waals surface area contributed by atoms with Gasteiger partial charge in [-0.3, -0.25) is 0 Å². The lowest BCUT2D eigenvalue weighted by Gasteiger charge is -2.32. The van der Waals surface area contributed by atoms with Gasteiger partial charge in [-0.25, -0.2) is 0 Å². The molecular weight excluding hydrogens is 153 g/mol. The third kappa shape index (κ3) is 3.52. The number of nitrogens with two attached hydrogens (primary N) is 1. The van der Waals surface area contributed by atoms with Crippen LogP contribution in [-0.4, -0.2) is 19.2 Å². The fourth-order valence-electron chi connectivity index (χ4n) is 1.13. The Hall–Kier alpha value is 0.375. The van der Waals surface area contributed by atoms with Gasteiger partial charge in [0.1, 0.15) is 0 Å². The Morgan fingerprint density at radius 1 is 1.27 bits per heavy atom. The molecule has 0 amide bonds. The average Bonchev–Trinajstić information content (AvgIpc) is 2.01. The van der Waals surface area contributed by atoms with Crippen LogP contribution < -0.4 is 5.73 Å². The Balaban J connectivity index is 0. The van der Waals surface area contributed by atoms with Crippen LogP contribution in [0.15, 0.2) is 0 Å². The van der Waals surface area contributed by atoms with E-state index >= 15 is 0 Å². The zero-order chi connectivity index (χ0) is 8.20. The highest BCUT2D eigenvalue weighted by Crippen LogP contribution is 2.22. The predicted molar refractivity (Wildman–Crippen MR) is 60.5 cm³/mol. The second-order valence-corrected chi connectivity index (χ2v) is 3.49. The molecule has 3 heteroatoms. The minimum absolute atomic E-state index is 0. The van der Waals surface area contributed by atoms with Crippen LogP contribution in [-0.2, 0) is 0 Å². The predicted octanol–water partition coefficient (Wildman–Crippen LogP) is 1.03. The van der Waals surface area contributed by atoms with Crippen LogP contribution in [0.1, 0.15) is 40.0 Å². The van der Waals surface area contributed by atoms with E-state index in [1.54, 1.807) is 0 Å². The highest BCUT2D eigenvalue weighted by atomic mass is 32.1. The van der Waals surface area contributed by atoms with E-state index in [0.29, 0.717) is 5.25 Å². The van der Waals surface area contributed by atoms with Gasteiger partial charge in [0.25, 0.3) is 0 Å². The van der Waals surface area contributed by atoms with E-state index in [9.17, 15) is 0 Å². The van der Waals surface area contributed by atoms with E-state index < -0.39 is 0 Å². The first-order chi connectivity index (χ1) is 4.60. The maximum atomic E-state index is 6.07. The highest BCUT2D eigenvalue weighted by molar-refractivity contribution is 7.81. The minimum atomic E-state index is -0.0438. The molecule has 11 heavy (non-hydrogen) atoms. The number of thiol groups is 1. The number of hydrogen-bond acceptors (Lipinski definition) is 2. The van der Waals surface area contributed by atoms with Crippen molar-refractivity contribution < 1.29 is 0 Å². The van der Waals surface area contributed by atoms with Gasteiger partial charge in [0.05, 0.1) is 8.41 Å². The van der Waals surface area contributed by atoms with Gasteiger partial charge in [0.15, 0.2) is 0 Å². The first-order valence-corrected chi connectivity index (χ1v) is 4.59. The molecule has 0 bridgehead atoms. The molecule has 1 atom stereocenters. The second kappa shape index (κ2) is 5.95. The summed E-state index contributed by atoms with van der Waals surface area (Å²) < 4.78 is 0. The van der Waals surface area contributed by atoms with Crippen LogP contribution in [0.4, 0.5) is 0 Å². The minimum Gasteiger partial charge on any atom is -0.324 e. The van der Waals surface area contributed by atoms with Crippen molar-refractivity contribution in [2.45, 2.75) is 50.8 Å². The van der Waals surface area contributed by atoms with Gasteiger partial charge in [0, 0.05) is 10.8 Å². The Labute approximate surface area is 78.1 Å². The summed E-state index contributed by atoms with van der Waals surface area (Å²) in [6, 6.07) is 0. The maximum absolute atomic E-state index is 6.07. The Bertz CT molecular complexity index is 94.1. The molecule has 0 aromatic rings. The Kier molecular flexibility index (Phi) is 7.54. The topological polar surface area (TPSA) is 26.0 Å². The molecule has 0 aliphatic rings. The van der Waals surface area contributed by atoms with Crippen molar-refractivity contribution in [2.75, 3.05) is 0 Å². The van der Waals surface area contributed by atoms with Gasteiger partial charge in [-0.2, -0.15) is 12.6 Å². The van der Waals surface area contributed by atoms with Gasteiger partial charge >= 0.3 is 0 Å². The largest absolute Gasteiger partial charge is 0.324 e. The van der Waals surface area contributed by atoms with Gasteiger partial charge in [-0.05, 0) is 19.3 Å². The quantitative estimate of drug-likeness (QED) is 0.484. The number of hydrogen-bond donors (Lipinski definition) is 2. The van der Waals surface area contributed by atoms with Gasteiger partial charge in [-0.1, -0.05) is 20.8 Å². The van der Waals surface area contributed by atoms with Crippen molar-refractivity contribution >= 4 is 21.0 Å². The van der Waals surface area contributed by atoms with Gasteiger partial charge in [0.2, 0.25) is 0 Å². The van der Waals surface area contributed by atoms with Crippen molar-refractivity contribution in [3.63, 3.8) is 0 Å². The van der Waals surface area contributed by atoms with Crippen LogP contribution in [0.3, 0.4) is 0 Å². The van der Waals surface area contributed by atoms with Crippen LogP contribution in [0.5, 0.6) is 0 Å². The molecule has 0 rings (SSSR count). The highest BCUT2D eigenvalue weighted by Gasteiger charge is 2.26. The van der Waals surface area contributed by atoms with Crippen molar-refractivity contribution in [1.29, 1.82) is 0 Å². The van der Waals surface area contributed by atoms with E-state index in [1.165, 1.54) is 0 Å². The van der Waals surface area contributed by atoms with E-state index in [2.05, 4.69) is 33.4 Å². The summed E-state index contributed by atoms with van der Waals surface area (Å²) in [5.41, 5.74) is 6.03. The molecular formula is C8H22BNS. The van der Waals surface area contributed by atoms with Crippen molar-refractivity contribution in [3.05, 3.63) is 0 Å². The second-order valence-electron chi connectivity index (χ2n) is 2.86. The van der Waals surface area contributed by atoms with Crippen molar-refractivity contribution in [1.82, 2.24) is 0 Å². The van der Waals surface area contributed by atoms with Crippen LogP contribution >= 0.6 is 12.6 Å². The fraction of sp³-hybridized carbons (Fsp3) is 1.00. The molecule has 68 valence electrons. The lowest BCUT2D eigenvalue weighted by molar-refractivity contribution is 0.376. The fourth-order valence-corrected chi connectivity index (χ4v) is 1.49. The number of rotatable bonds is 4. The summed E-state index contributed by atoms with van der Waals surface area (Å²) in [4.78, 5) is 0. The van der Waals surface area contributed by atoms with Crippen molar-refractivity contribution in [3.8, 4) is 0 Å². The van der Waals surface area contributed by atoms with E-state index in [4.69, 9.17) is 5.73 Å². The summed E-state index contributed by atoms with van der Waals surface area (Å²) in [5.74, 6) is 0. The monoisotopic (exact) mass is 175 g/mol. The van der Waals surface area contributed by atoms with Gasteiger partial charge in [-0.15, -0.1) is 0 Å². The van der Waals surface area contributed by atoms with Crippen molar-refractivity contribution in [2.24, 2.45) is 5.73 Å². The smallest absolute Gasteiger partial charge is 0.0814 e. The first-order valence-electron chi connectivity index (χ1n) is 4.07. The SMILES string of the molecule is B.CCC(S)C(N)(CC)CC. The standard InChI is InChI=1S/C8H19NS.BH3/c1-4-7(10)8(9,5-2)6-3;/h7,10H,4-6,9H2,1-3H3;1H3. The van der Waals surface area contributed by atoms with Crippen LogP contribution in [0.2, 0.25) is 0 Å². The molecule has 0 heterocycles. The third-order valence-corrected chi connectivity index (χ3v) is 3.25. The summed E-state index contributed by atoms with van der Waals surface area (Å²) in [6.07, 6.45) is 3.10. The molecule has 0 fully saturated rings. The zero-order valence-electron chi connectivity index (χ0n) is 7.22. The normalized spacial score (nSPS) is 13.9. The molecule has 1 nitrogen and oxygen atoms in total. The summed E-state index contributed by atoms with van der Waals surface area (Å²) in [7, 11) is 0. The Morgan fingerprint density at radius 3 is 1.73 bits per heavy atom. The van der Waals surface area contributed by atoms with Crippen LogP contribution in [0, 0.1) is 0 Å². The molecule has 0 aromatic carbocycles. The zero-order valence-corrected chi connectivity index (χ0v) is 8.12. The molecule has 0 aliphatic carbocycles. The summed E-state index contributed by atoms with van der Waals surface area (Å²) in [6.45, 7) is 6.38. The van der Waals surface area contributed by atoms with E-state index in [0.717, 1.165) is 19.3 Å². The first kappa shape index (κ1) is 13.9. The van der Waals surface area contributed by atoms with Crippen LogP contribution in [0.25, 0.3) is 0 Å². The lowest BCUT2D eigenvalue weighted by atomic mass is 9.89. The molecule has 0 spiro atoms. The van der Waals surface area contributed by atoms with Gasteiger partial charge < -0.3 is 5.73 Å². The average molecular weight is 175 g/mol. The summed E-state index contributed by atoms with van der Waals surface area (Å²) in [5, 5.41) is 0.350. The molecule has 0 saturated carbocycles. The molecule has 2 N–H and O–H groups in total. The van der Waals surface area contributed by atoms with E-state index in [1.807, 2.05) is 0 Å². The lowest BCUT2D eigenvalue weighted by Crippen LogP contribution is -2.46. The molecule has 0 aromatic heterocycles. The molecule has 1 unspecified atom stereocenters. The van der Waals surface area contributed by atoms with E-state index in [-0.39, 0.29) is 14.0 Å².